The molecule has 2 amide bonds. The van der Waals surface area contributed by atoms with Gasteiger partial charge in [0.1, 0.15) is 12.4 Å². The van der Waals surface area contributed by atoms with E-state index < -0.39 is 0 Å². The van der Waals surface area contributed by atoms with Crippen LogP contribution < -0.4 is 4.74 Å². The van der Waals surface area contributed by atoms with Gasteiger partial charge in [0.05, 0.1) is 12.1 Å². The van der Waals surface area contributed by atoms with Crippen LogP contribution >= 0.6 is 0 Å². The number of benzene rings is 2. The van der Waals surface area contributed by atoms with Gasteiger partial charge in [0.15, 0.2) is 6.61 Å². The Labute approximate surface area is 177 Å². The molecule has 0 N–H and O–H groups in total. The van der Waals surface area contributed by atoms with E-state index in [2.05, 4.69) is 0 Å². The summed E-state index contributed by atoms with van der Waals surface area (Å²) in [6.07, 6.45) is 2.42. The predicted molar refractivity (Wildman–Crippen MR) is 113 cm³/mol. The quantitative estimate of drug-likeness (QED) is 0.763. The number of hydrogen-bond acceptors (Lipinski definition) is 4. The van der Waals surface area contributed by atoms with E-state index in [-0.39, 0.29) is 30.6 Å². The smallest absolute Gasteiger partial charge is 0.260 e. The molecular formula is C24H28N2O4. The highest BCUT2D eigenvalue weighted by atomic mass is 16.5. The first-order valence-corrected chi connectivity index (χ1v) is 10.5. The number of rotatable bonds is 5. The molecule has 2 heterocycles. The zero-order valence-electron chi connectivity index (χ0n) is 17.2. The molecule has 0 unspecified atom stereocenters. The van der Waals surface area contributed by atoms with Crippen LogP contribution in [-0.2, 0) is 20.9 Å². The third-order valence-electron chi connectivity index (χ3n) is 5.91. The molecule has 2 aromatic rings. The van der Waals surface area contributed by atoms with E-state index in [0.717, 1.165) is 24.8 Å². The molecule has 2 fully saturated rings. The molecule has 0 aromatic heterocycles. The van der Waals surface area contributed by atoms with Crippen LogP contribution in [0.2, 0.25) is 0 Å². The molecule has 0 bridgehead atoms. The molecule has 0 saturated carbocycles. The van der Waals surface area contributed by atoms with E-state index in [0.29, 0.717) is 31.9 Å². The van der Waals surface area contributed by atoms with E-state index in [1.165, 1.54) is 0 Å². The van der Waals surface area contributed by atoms with Gasteiger partial charge in [-0.05, 0) is 37.0 Å². The maximum atomic E-state index is 12.6. The predicted octanol–water partition coefficient (Wildman–Crippen LogP) is 2.88. The summed E-state index contributed by atoms with van der Waals surface area (Å²) in [5.74, 6) is 0.713. The number of ether oxygens (including phenoxy) is 2. The molecule has 4 rings (SSSR count). The molecular weight excluding hydrogens is 380 g/mol. The summed E-state index contributed by atoms with van der Waals surface area (Å²) < 4.78 is 11.7. The number of amides is 2. The van der Waals surface area contributed by atoms with E-state index >= 15 is 0 Å². The molecule has 2 aliphatic heterocycles. The SMILES string of the molecule is O=C(COc1ccccc1)N1CCC[C@]2(CC1)CN(Cc1ccccc1)C(=O)CO2. The maximum Gasteiger partial charge on any atom is 0.260 e. The third kappa shape index (κ3) is 5.00. The molecule has 6 heteroatoms. The second kappa shape index (κ2) is 9.30. The van der Waals surface area contributed by atoms with Crippen molar-refractivity contribution in [1.82, 2.24) is 9.80 Å². The topological polar surface area (TPSA) is 59.1 Å². The van der Waals surface area contributed by atoms with Gasteiger partial charge in [-0.25, -0.2) is 0 Å². The van der Waals surface area contributed by atoms with Gasteiger partial charge in [-0.3, -0.25) is 9.59 Å². The van der Waals surface area contributed by atoms with Crippen molar-refractivity contribution in [2.24, 2.45) is 0 Å². The molecule has 1 spiro atoms. The van der Waals surface area contributed by atoms with Gasteiger partial charge in [0.25, 0.3) is 5.91 Å². The van der Waals surface area contributed by atoms with Crippen LogP contribution in [0.1, 0.15) is 24.8 Å². The first-order chi connectivity index (χ1) is 14.6. The minimum atomic E-state index is -0.377. The van der Waals surface area contributed by atoms with Crippen molar-refractivity contribution < 1.29 is 19.1 Å². The molecule has 0 aliphatic carbocycles. The van der Waals surface area contributed by atoms with Gasteiger partial charge in [-0.15, -0.1) is 0 Å². The number of para-hydroxylation sites is 1. The molecule has 2 aromatic carbocycles. The Morgan fingerprint density at radius 3 is 2.50 bits per heavy atom. The fraction of sp³-hybridized carbons (Fsp3) is 0.417. The average molecular weight is 408 g/mol. The molecule has 2 aliphatic rings. The van der Waals surface area contributed by atoms with Crippen LogP contribution in [-0.4, -0.2) is 60.1 Å². The second-order valence-electron chi connectivity index (χ2n) is 8.04. The van der Waals surface area contributed by atoms with Gasteiger partial charge >= 0.3 is 0 Å². The molecule has 2 saturated heterocycles. The Kier molecular flexibility index (Phi) is 6.33. The highest BCUT2D eigenvalue weighted by molar-refractivity contribution is 5.79. The fourth-order valence-electron chi connectivity index (χ4n) is 4.21. The fourth-order valence-corrected chi connectivity index (χ4v) is 4.21. The Hall–Kier alpha value is -2.86. The Morgan fingerprint density at radius 2 is 1.73 bits per heavy atom. The number of likely N-dealkylation sites (tertiary alicyclic amines) is 1. The largest absolute Gasteiger partial charge is 0.484 e. The summed E-state index contributed by atoms with van der Waals surface area (Å²) >= 11 is 0. The normalized spacial score (nSPS) is 22.1. The highest BCUT2D eigenvalue weighted by Gasteiger charge is 2.41. The average Bonchev–Trinajstić information content (AvgIpc) is 2.99. The Balaban J connectivity index is 1.34. The number of carbonyl (C=O) groups excluding carboxylic acids is 2. The highest BCUT2D eigenvalue weighted by Crippen LogP contribution is 2.31. The van der Waals surface area contributed by atoms with Crippen LogP contribution in [0.5, 0.6) is 5.75 Å². The van der Waals surface area contributed by atoms with E-state index in [4.69, 9.17) is 9.47 Å². The monoisotopic (exact) mass is 408 g/mol. The van der Waals surface area contributed by atoms with Gasteiger partial charge in [0, 0.05) is 19.6 Å². The number of morpholine rings is 1. The van der Waals surface area contributed by atoms with Gasteiger partial charge < -0.3 is 19.3 Å². The van der Waals surface area contributed by atoms with Crippen molar-refractivity contribution in [2.75, 3.05) is 32.8 Å². The number of carbonyl (C=O) groups is 2. The van der Waals surface area contributed by atoms with Crippen molar-refractivity contribution in [3.8, 4) is 5.75 Å². The van der Waals surface area contributed by atoms with Crippen molar-refractivity contribution >= 4 is 11.8 Å². The lowest BCUT2D eigenvalue weighted by Gasteiger charge is -2.42. The first kappa shape index (κ1) is 20.4. The van der Waals surface area contributed by atoms with Crippen LogP contribution in [0.3, 0.4) is 0 Å². The van der Waals surface area contributed by atoms with Crippen LogP contribution in [0.15, 0.2) is 60.7 Å². The maximum absolute atomic E-state index is 12.6. The minimum absolute atomic E-state index is 0.0102. The first-order valence-electron chi connectivity index (χ1n) is 10.5. The lowest BCUT2D eigenvalue weighted by Crippen LogP contribution is -2.54. The Bertz CT molecular complexity index is 858. The second-order valence-corrected chi connectivity index (χ2v) is 8.04. The standard InChI is InChI=1S/C24H28N2O4/c27-22(17-29-21-10-5-2-6-11-21)25-14-7-12-24(13-15-25)19-26(23(28)18-30-24)16-20-8-3-1-4-9-20/h1-6,8-11H,7,12-19H2/t24-/m0/s1. The van der Waals surface area contributed by atoms with Gasteiger partial charge in [0.2, 0.25) is 5.91 Å². The van der Waals surface area contributed by atoms with Crippen LogP contribution in [0, 0.1) is 0 Å². The van der Waals surface area contributed by atoms with Gasteiger partial charge in [-0.1, -0.05) is 48.5 Å². The molecule has 6 nitrogen and oxygen atoms in total. The van der Waals surface area contributed by atoms with Crippen molar-refractivity contribution in [3.05, 3.63) is 66.2 Å². The van der Waals surface area contributed by atoms with Crippen LogP contribution in [0.25, 0.3) is 0 Å². The number of hydrogen-bond donors (Lipinski definition) is 0. The summed E-state index contributed by atoms with van der Waals surface area (Å²) in [5.41, 5.74) is 0.740. The molecule has 0 radical (unpaired) electrons. The van der Waals surface area contributed by atoms with E-state index in [9.17, 15) is 9.59 Å². The lowest BCUT2D eigenvalue weighted by molar-refractivity contribution is -0.167. The van der Waals surface area contributed by atoms with Crippen LogP contribution in [0.4, 0.5) is 0 Å². The minimum Gasteiger partial charge on any atom is -0.484 e. The van der Waals surface area contributed by atoms with Gasteiger partial charge in [-0.2, -0.15) is 0 Å². The van der Waals surface area contributed by atoms with Crippen molar-refractivity contribution in [1.29, 1.82) is 0 Å². The summed E-state index contributed by atoms with van der Waals surface area (Å²) in [6, 6.07) is 19.4. The van der Waals surface area contributed by atoms with E-state index in [1.807, 2.05) is 70.5 Å². The summed E-state index contributed by atoms with van der Waals surface area (Å²) in [6.45, 7) is 2.62. The zero-order valence-corrected chi connectivity index (χ0v) is 17.2. The Morgan fingerprint density at radius 1 is 1.00 bits per heavy atom. The summed E-state index contributed by atoms with van der Waals surface area (Å²) in [5, 5.41) is 0. The molecule has 158 valence electrons. The van der Waals surface area contributed by atoms with Crippen molar-refractivity contribution in [3.63, 3.8) is 0 Å². The van der Waals surface area contributed by atoms with Crippen molar-refractivity contribution in [2.45, 2.75) is 31.4 Å². The summed E-state index contributed by atoms with van der Waals surface area (Å²) in [4.78, 5) is 28.8. The van der Waals surface area contributed by atoms with E-state index in [1.54, 1.807) is 0 Å². The lowest BCUT2D eigenvalue weighted by atomic mass is 9.92. The third-order valence-corrected chi connectivity index (χ3v) is 5.91. The molecule has 1 atom stereocenters. The summed E-state index contributed by atoms with van der Waals surface area (Å²) in [7, 11) is 0. The zero-order chi connectivity index (χ0) is 20.8. The number of nitrogens with zero attached hydrogens (tertiary/aromatic N) is 2. The molecule has 30 heavy (non-hydrogen) atoms.